The molecule has 5 nitrogen and oxygen atoms in total. The van der Waals surface area contributed by atoms with Gasteiger partial charge in [-0.1, -0.05) is 47.5 Å². The molecule has 0 unspecified atom stereocenters. The zero-order valence-electron chi connectivity index (χ0n) is 14.3. The van der Waals surface area contributed by atoms with E-state index in [1.807, 2.05) is 38.1 Å². The van der Waals surface area contributed by atoms with Crippen molar-refractivity contribution in [2.45, 2.75) is 18.7 Å². The number of hydrogen-bond donors (Lipinski definition) is 2. The van der Waals surface area contributed by atoms with Crippen LogP contribution in [0.5, 0.6) is 0 Å². The second-order valence-corrected chi connectivity index (χ2v) is 7.51. The summed E-state index contributed by atoms with van der Waals surface area (Å²) in [6.45, 7) is 4.23. The van der Waals surface area contributed by atoms with E-state index in [0.717, 1.165) is 16.7 Å². The van der Waals surface area contributed by atoms with Gasteiger partial charge < -0.3 is 5.32 Å². The Morgan fingerprint density at radius 2 is 1.48 bits per heavy atom. The van der Waals surface area contributed by atoms with Crippen molar-refractivity contribution < 1.29 is 13.2 Å². The predicted octanol–water partition coefficient (Wildman–Crippen LogP) is 2.41. The normalized spacial score (nSPS) is 11.6. The zero-order valence-corrected chi connectivity index (χ0v) is 15.1. The SMILES string of the molecule is Cc1ccc(/C=C/C(=O)NCCNS(=O)(=O)c2ccc(C)cc2)cc1. The van der Waals surface area contributed by atoms with Crippen molar-refractivity contribution in [1.29, 1.82) is 0 Å². The highest BCUT2D eigenvalue weighted by Crippen LogP contribution is 2.09. The van der Waals surface area contributed by atoms with Crippen LogP contribution >= 0.6 is 0 Å². The summed E-state index contributed by atoms with van der Waals surface area (Å²) in [6, 6.07) is 14.4. The number of sulfonamides is 1. The first kappa shape index (κ1) is 18.9. The molecule has 0 saturated carbocycles. The second kappa shape index (κ2) is 8.60. The maximum atomic E-state index is 12.1. The third kappa shape index (κ3) is 6.17. The minimum atomic E-state index is -3.55. The summed E-state index contributed by atoms with van der Waals surface area (Å²) in [4.78, 5) is 12.0. The van der Waals surface area contributed by atoms with Crippen LogP contribution in [0.1, 0.15) is 16.7 Å². The molecule has 25 heavy (non-hydrogen) atoms. The van der Waals surface area contributed by atoms with Gasteiger partial charge in [0, 0.05) is 19.2 Å². The summed E-state index contributed by atoms with van der Waals surface area (Å²) in [7, 11) is -3.55. The molecule has 132 valence electrons. The first-order valence-corrected chi connectivity index (χ1v) is 9.44. The van der Waals surface area contributed by atoms with Crippen LogP contribution in [0.4, 0.5) is 0 Å². The monoisotopic (exact) mass is 358 g/mol. The average molecular weight is 358 g/mol. The molecule has 0 spiro atoms. The Morgan fingerprint density at radius 3 is 2.08 bits per heavy atom. The number of carbonyl (C=O) groups excluding carboxylic acids is 1. The molecule has 0 heterocycles. The molecular formula is C19H22N2O3S. The molecule has 2 aromatic carbocycles. The number of hydrogen-bond acceptors (Lipinski definition) is 3. The van der Waals surface area contributed by atoms with Crippen molar-refractivity contribution in [3.63, 3.8) is 0 Å². The number of benzene rings is 2. The van der Waals surface area contributed by atoms with Crippen molar-refractivity contribution in [3.8, 4) is 0 Å². The molecule has 0 fully saturated rings. The zero-order chi connectivity index (χ0) is 18.3. The first-order valence-electron chi connectivity index (χ1n) is 7.96. The predicted molar refractivity (Wildman–Crippen MR) is 99.6 cm³/mol. The van der Waals surface area contributed by atoms with E-state index in [1.54, 1.807) is 30.3 Å². The molecule has 0 saturated heterocycles. The summed E-state index contributed by atoms with van der Waals surface area (Å²) in [5.74, 6) is -0.268. The molecule has 2 N–H and O–H groups in total. The van der Waals surface area contributed by atoms with Crippen molar-refractivity contribution in [2.24, 2.45) is 0 Å². The molecule has 0 aliphatic carbocycles. The number of carbonyl (C=O) groups is 1. The van der Waals surface area contributed by atoms with Gasteiger partial charge in [-0.3, -0.25) is 4.79 Å². The Kier molecular flexibility index (Phi) is 6.50. The maximum Gasteiger partial charge on any atom is 0.244 e. The van der Waals surface area contributed by atoms with Gasteiger partial charge >= 0.3 is 0 Å². The van der Waals surface area contributed by atoms with Gasteiger partial charge in [0.25, 0.3) is 0 Å². The molecule has 6 heteroatoms. The Labute approximate surface area is 148 Å². The van der Waals surface area contributed by atoms with Crippen molar-refractivity contribution in [2.75, 3.05) is 13.1 Å². The number of nitrogens with one attached hydrogen (secondary N) is 2. The number of rotatable bonds is 7. The van der Waals surface area contributed by atoms with E-state index in [1.165, 1.54) is 6.08 Å². The van der Waals surface area contributed by atoms with Gasteiger partial charge in [-0.05, 0) is 37.6 Å². The third-order valence-electron chi connectivity index (χ3n) is 3.55. The van der Waals surface area contributed by atoms with E-state index in [9.17, 15) is 13.2 Å². The Bertz CT molecular complexity index is 839. The molecule has 2 aromatic rings. The van der Waals surface area contributed by atoms with Gasteiger partial charge in [0.05, 0.1) is 4.90 Å². The molecule has 0 aliphatic rings. The summed E-state index contributed by atoms with van der Waals surface area (Å²) in [6.07, 6.45) is 3.14. The number of aryl methyl sites for hydroxylation is 2. The minimum Gasteiger partial charge on any atom is -0.351 e. The summed E-state index contributed by atoms with van der Waals surface area (Å²) in [5, 5.41) is 2.64. The highest BCUT2D eigenvalue weighted by molar-refractivity contribution is 7.89. The van der Waals surface area contributed by atoms with Crippen molar-refractivity contribution in [3.05, 3.63) is 71.3 Å². The number of amides is 1. The van der Waals surface area contributed by atoms with E-state index < -0.39 is 10.0 Å². The highest BCUT2D eigenvalue weighted by atomic mass is 32.2. The van der Waals surface area contributed by atoms with Crippen molar-refractivity contribution in [1.82, 2.24) is 10.0 Å². The van der Waals surface area contributed by atoms with Crippen molar-refractivity contribution >= 4 is 22.0 Å². The summed E-state index contributed by atoms with van der Waals surface area (Å²) < 4.78 is 26.6. The maximum absolute atomic E-state index is 12.1. The minimum absolute atomic E-state index is 0.125. The second-order valence-electron chi connectivity index (χ2n) is 5.75. The fraction of sp³-hybridized carbons (Fsp3) is 0.211. The molecule has 0 atom stereocenters. The van der Waals surface area contributed by atoms with Gasteiger partial charge in [-0.15, -0.1) is 0 Å². The van der Waals surface area contributed by atoms with Crippen LogP contribution in [-0.4, -0.2) is 27.4 Å². The summed E-state index contributed by atoms with van der Waals surface area (Å²) >= 11 is 0. The fourth-order valence-electron chi connectivity index (χ4n) is 2.08. The van der Waals surface area contributed by atoms with Crippen LogP contribution in [0.3, 0.4) is 0 Å². The van der Waals surface area contributed by atoms with Crippen LogP contribution in [0, 0.1) is 13.8 Å². The molecule has 0 aliphatic heterocycles. The van der Waals surface area contributed by atoms with E-state index in [0.29, 0.717) is 0 Å². The van der Waals surface area contributed by atoms with E-state index in [-0.39, 0.29) is 23.9 Å². The van der Waals surface area contributed by atoms with E-state index in [4.69, 9.17) is 0 Å². The van der Waals surface area contributed by atoms with Gasteiger partial charge in [0.2, 0.25) is 15.9 Å². The molecule has 1 amide bonds. The van der Waals surface area contributed by atoms with Gasteiger partial charge in [-0.25, -0.2) is 13.1 Å². The Hall–Kier alpha value is -2.44. The fourth-order valence-corrected chi connectivity index (χ4v) is 3.11. The quantitative estimate of drug-likeness (QED) is 0.589. The van der Waals surface area contributed by atoms with Gasteiger partial charge in [-0.2, -0.15) is 0 Å². The average Bonchev–Trinajstić information content (AvgIpc) is 2.59. The molecule has 0 bridgehead atoms. The van der Waals surface area contributed by atoms with Crippen LogP contribution in [-0.2, 0) is 14.8 Å². The lowest BCUT2D eigenvalue weighted by Gasteiger charge is -2.07. The first-order chi connectivity index (χ1) is 11.9. The van der Waals surface area contributed by atoms with Crippen LogP contribution in [0.15, 0.2) is 59.5 Å². The molecule has 0 aromatic heterocycles. The topological polar surface area (TPSA) is 75.3 Å². The Morgan fingerprint density at radius 1 is 0.920 bits per heavy atom. The van der Waals surface area contributed by atoms with Crippen LogP contribution < -0.4 is 10.0 Å². The highest BCUT2D eigenvalue weighted by Gasteiger charge is 2.12. The standard InChI is InChI=1S/C19H22N2O3S/c1-15-3-7-17(8-4-15)9-12-19(22)20-13-14-21-25(23,24)18-10-5-16(2)6-11-18/h3-12,21H,13-14H2,1-2H3,(H,20,22)/b12-9+. The van der Waals surface area contributed by atoms with E-state index >= 15 is 0 Å². The largest absolute Gasteiger partial charge is 0.351 e. The van der Waals surface area contributed by atoms with E-state index in [2.05, 4.69) is 10.0 Å². The van der Waals surface area contributed by atoms with Gasteiger partial charge in [0.15, 0.2) is 0 Å². The third-order valence-corrected chi connectivity index (χ3v) is 5.03. The smallest absolute Gasteiger partial charge is 0.244 e. The molecule has 2 rings (SSSR count). The Balaban J connectivity index is 1.77. The molecule has 0 radical (unpaired) electrons. The lowest BCUT2D eigenvalue weighted by atomic mass is 10.1. The van der Waals surface area contributed by atoms with Crippen LogP contribution in [0.2, 0.25) is 0 Å². The molecular weight excluding hydrogens is 336 g/mol. The lowest BCUT2D eigenvalue weighted by molar-refractivity contribution is -0.116. The lowest BCUT2D eigenvalue weighted by Crippen LogP contribution is -2.34. The summed E-state index contributed by atoms with van der Waals surface area (Å²) in [5.41, 5.74) is 3.08. The van der Waals surface area contributed by atoms with Crippen LogP contribution in [0.25, 0.3) is 6.08 Å². The van der Waals surface area contributed by atoms with Gasteiger partial charge in [0.1, 0.15) is 0 Å².